The first-order chi connectivity index (χ1) is 12.1. The summed E-state index contributed by atoms with van der Waals surface area (Å²) in [6.45, 7) is 5.66. The van der Waals surface area contributed by atoms with Crippen LogP contribution < -0.4 is 10.1 Å². The smallest absolute Gasteiger partial charge is 0.255 e. The summed E-state index contributed by atoms with van der Waals surface area (Å²) in [5.74, 6) is 0.841. The molecule has 3 rings (SSSR count). The average Bonchev–Trinajstić information content (AvgIpc) is 2.63. The van der Waals surface area contributed by atoms with Crippen LogP contribution in [-0.2, 0) is 0 Å². The molecule has 25 heavy (non-hydrogen) atoms. The predicted octanol–water partition coefficient (Wildman–Crippen LogP) is 4.24. The number of benzene rings is 1. The van der Waals surface area contributed by atoms with Crippen LogP contribution in [-0.4, -0.2) is 35.0 Å². The van der Waals surface area contributed by atoms with Crippen molar-refractivity contribution in [2.75, 3.05) is 18.4 Å². The van der Waals surface area contributed by atoms with Gasteiger partial charge in [0.15, 0.2) is 0 Å². The molecule has 0 unspecified atom stereocenters. The van der Waals surface area contributed by atoms with Crippen LogP contribution in [0.5, 0.6) is 5.75 Å². The molecule has 0 bridgehead atoms. The van der Waals surface area contributed by atoms with Crippen LogP contribution >= 0.6 is 0 Å². The lowest BCUT2D eigenvalue weighted by atomic mass is 10.1. The molecule has 2 aromatic rings. The van der Waals surface area contributed by atoms with Crippen LogP contribution in [0.1, 0.15) is 43.5 Å². The molecule has 2 heterocycles. The molecule has 0 spiro atoms. The normalized spacial score (nSPS) is 14.4. The van der Waals surface area contributed by atoms with Gasteiger partial charge in [-0.3, -0.25) is 9.78 Å². The second kappa shape index (κ2) is 8.01. The number of nitrogens with one attached hydrogen (secondary N) is 1. The molecule has 1 aliphatic rings. The van der Waals surface area contributed by atoms with Gasteiger partial charge in [-0.25, -0.2) is 0 Å². The maximum atomic E-state index is 12.7. The number of nitrogens with zero attached hydrogens (tertiary/aromatic N) is 2. The summed E-state index contributed by atoms with van der Waals surface area (Å²) in [7, 11) is 0. The van der Waals surface area contributed by atoms with E-state index in [0.29, 0.717) is 5.56 Å². The molecule has 0 aliphatic carbocycles. The van der Waals surface area contributed by atoms with E-state index in [1.54, 1.807) is 12.4 Å². The van der Waals surface area contributed by atoms with Crippen molar-refractivity contribution in [2.24, 2.45) is 0 Å². The Balaban J connectivity index is 1.77. The number of para-hydroxylation sites is 2. The molecule has 1 amide bonds. The first-order valence-corrected chi connectivity index (χ1v) is 8.90. The summed E-state index contributed by atoms with van der Waals surface area (Å²) >= 11 is 0. The highest BCUT2D eigenvalue weighted by Gasteiger charge is 2.18. The van der Waals surface area contributed by atoms with Crippen molar-refractivity contribution in [3.8, 4) is 5.75 Å². The van der Waals surface area contributed by atoms with Gasteiger partial charge in [-0.15, -0.1) is 0 Å². The summed E-state index contributed by atoms with van der Waals surface area (Å²) in [6.07, 6.45) is 6.82. The minimum Gasteiger partial charge on any atom is -0.489 e. The fraction of sp³-hybridized carbons (Fsp3) is 0.400. The van der Waals surface area contributed by atoms with Gasteiger partial charge >= 0.3 is 0 Å². The zero-order valence-corrected chi connectivity index (χ0v) is 14.9. The van der Waals surface area contributed by atoms with E-state index in [9.17, 15) is 4.79 Å². The molecule has 1 aliphatic heterocycles. The monoisotopic (exact) mass is 339 g/mol. The number of ether oxygens (including phenoxy) is 1. The Labute approximate surface area is 149 Å². The van der Waals surface area contributed by atoms with Crippen LogP contribution in [0, 0.1) is 0 Å². The summed E-state index contributed by atoms with van der Waals surface area (Å²) in [6, 6.07) is 9.63. The molecule has 1 aromatic heterocycles. The second-order valence-electron chi connectivity index (χ2n) is 6.60. The molecule has 5 nitrogen and oxygen atoms in total. The van der Waals surface area contributed by atoms with E-state index in [2.05, 4.69) is 10.3 Å². The van der Waals surface area contributed by atoms with Crippen molar-refractivity contribution in [3.05, 3.63) is 48.3 Å². The highest BCUT2D eigenvalue weighted by Crippen LogP contribution is 2.28. The Kier molecular flexibility index (Phi) is 5.53. The summed E-state index contributed by atoms with van der Waals surface area (Å²) in [4.78, 5) is 18.8. The minimum atomic E-state index is 0.0579. The van der Waals surface area contributed by atoms with Crippen molar-refractivity contribution >= 4 is 17.3 Å². The Morgan fingerprint density at radius 3 is 2.68 bits per heavy atom. The highest BCUT2D eigenvalue weighted by atomic mass is 16.5. The van der Waals surface area contributed by atoms with Gasteiger partial charge in [-0.1, -0.05) is 12.1 Å². The van der Waals surface area contributed by atoms with Crippen molar-refractivity contribution in [2.45, 2.75) is 39.2 Å². The topological polar surface area (TPSA) is 54.5 Å². The summed E-state index contributed by atoms with van der Waals surface area (Å²) in [5.41, 5.74) is 2.26. The Hall–Kier alpha value is -2.56. The molecular formula is C20H25N3O2. The number of piperidine rings is 1. The molecule has 5 heteroatoms. The van der Waals surface area contributed by atoms with E-state index in [1.165, 1.54) is 6.42 Å². The molecule has 1 N–H and O–H groups in total. The van der Waals surface area contributed by atoms with Crippen molar-refractivity contribution < 1.29 is 9.53 Å². The number of hydrogen-bond donors (Lipinski definition) is 1. The third-order valence-corrected chi connectivity index (χ3v) is 4.16. The van der Waals surface area contributed by atoms with Gasteiger partial charge in [0.1, 0.15) is 5.75 Å². The number of rotatable bonds is 5. The van der Waals surface area contributed by atoms with Gasteiger partial charge in [-0.05, 0) is 51.3 Å². The standard InChI is InChI=1S/C20H25N3O2/c1-15(2)25-19-9-5-4-8-18(19)22-17-12-16(13-21-14-17)20(24)23-10-6-3-7-11-23/h4-5,8-9,12-15,22H,3,6-7,10-11H2,1-2H3. The Morgan fingerprint density at radius 2 is 1.92 bits per heavy atom. The van der Waals surface area contributed by atoms with Crippen LogP contribution in [0.25, 0.3) is 0 Å². The second-order valence-corrected chi connectivity index (χ2v) is 6.60. The maximum absolute atomic E-state index is 12.7. The van der Waals surface area contributed by atoms with Gasteiger partial charge in [0, 0.05) is 19.3 Å². The average molecular weight is 339 g/mol. The van der Waals surface area contributed by atoms with Gasteiger partial charge in [0.05, 0.1) is 29.2 Å². The Bertz CT molecular complexity index is 724. The van der Waals surface area contributed by atoms with Crippen LogP contribution in [0.3, 0.4) is 0 Å². The van der Waals surface area contributed by atoms with Gasteiger partial charge < -0.3 is 15.0 Å². The quantitative estimate of drug-likeness (QED) is 0.885. The molecule has 0 atom stereocenters. The van der Waals surface area contributed by atoms with Crippen LogP contribution in [0.15, 0.2) is 42.7 Å². The summed E-state index contributed by atoms with van der Waals surface area (Å²) in [5, 5.41) is 3.32. The van der Waals surface area contributed by atoms with Gasteiger partial charge in [0.25, 0.3) is 5.91 Å². The lowest BCUT2D eigenvalue weighted by Gasteiger charge is -2.26. The maximum Gasteiger partial charge on any atom is 0.255 e. The van der Waals surface area contributed by atoms with E-state index >= 15 is 0 Å². The third kappa shape index (κ3) is 4.50. The third-order valence-electron chi connectivity index (χ3n) is 4.16. The SMILES string of the molecule is CC(C)Oc1ccccc1Nc1cncc(C(=O)N2CCCCC2)c1. The molecule has 132 valence electrons. The van der Waals surface area contributed by atoms with E-state index in [1.807, 2.05) is 49.1 Å². The lowest BCUT2D eigenvalue weighted by molar-refractivity contribution is 0.0724. The number of hydrogen-bond acceptors (Lipinski definition) is 4. The number of aromatic nitrogens is 1. The van der Waals surface area contributed by atoms with E-state index < -0.39 is 0 Å². The zero-order valence-electron chi connectivity index (χ0n) is 14.9. The van der Waals surface area contributed by atoms with E-state index in [0.717, 1.165) is 43.1 Å². The predicted molar refractivity (Wildman–Crippen MR) is 99.5 cm³/mol. The molecule has 0 saturated carbocycles. The van der Waals surface area contributed by atoms with E-state index in [-0.39, 0.29) is 12.0 Å². The molecule has 1 fully saturated rings. The number of likely N-dealkylation sites (tertiary alicyclic amines) is 1. The highest BCUT2D eigenvalue weighted by molar-refractivity contribution is 5.95. The van der Waals surface area contributed by atoms with Crippen LogP contribution in [0.2, 0.25) is 0 Å². The van der Waals surface area contributed by atoms with Crippen LogP contribution in [0.4, 0.5) is 11.4 Å². The number of carbonyl (C=O) groups is 1. The van der Waals surface area contributed by atoms with Crippen molar-refractivity contribution in [3.63, 3.8) is 0 Å². The number of pyridine rings is 1. The van der Waals surface area contributed by atoms with E-state index in [4.69, 9.17) is 4.74 Å². The molecule has 0 radical (unpaired) electrons. The first kappa shape index (κ1) is 17.3. The lowest BCUT2D eigenvalue weighted by Crippen LogP contribution is -2.35. The zero-order chi connectivity index (χ0) is 17.6. The van der Waals surface area contributed by atoms with Crippen molar-refractivity contribution in [1.82, 2.24) is 9.88 Å². The van der Waals surface area contributed by atoms with Gasteiger partial charge in [0.2, 0.25) is 0 Å². The summed E-state index contributed by atoms with van der Waals surface area (Å²) < 4.78 is 5.83. The van der Waals surface area contributed by atoms with Gasteiger partial charge in [-0.2, -0.15) is 0 Å². The minimum absolute atomic E-state index is 0.0579. The Morgan fingerprint density at radius 1 is 1.16 bits per heavy atom. The fourth-order valence-corrected chi connectivity index (χ4v) is 2.99. The molecule has 1 saturated heterocycles. The number of amides is 1. The number of anilines is 2. The molecule has 1 aromatic carbocycles. The number of carbonyl (C=O) groups excluding carboxylic acids is 1. The first-order valence-electron chi connectivity index (χ1n) is 8.90. The largest absolute Gasteiger partial charge is 0.489 e. The molecular weight excluding hydrogens is 314 g/mol. The van der Waals surface area contributed by atoms with Crippen molar-refractivity contribution in [1.29, 1.82) is 0 Å². The fourth-order valence-electron chi connectivity index (χ4n) is 2.99.